The van der Waals surface area contributed by atoms with Gasteiger partial charge in [0, 0.05) is 17.8 Å². The maximum absolute atomic E-state index is 12.6. The van der Waals surface area contributed by atoms with Gasteiger partial charge in [0.2, 0.25) is 0 Å². The van der Waals surface area contributed by atoms with Crippen LogP contribution in [-0.4, -0.2) is 57.6 Å². The molecule has 6 heteroatoms. The fourth-order valence-corrected chi connectivity index (χ4v) is 3.87. The normalized spacial score (nSPS) is 29.4. The van der Waals surface area contributed by atoms with Crippen LogP contribution in [0.4, 0.5) is 4.79 Å². The molecule has 2 fully saturated rings. The standard InChI is InChI=1S/C19H28N2O4/c1-13-6-5-7-14(20-13)8-19(23)9-15-11-24-12-16(10-19)21(15)17(22)25-18(2,3)4/h5-7,15-16,23H,8-12H2,1-4H3. The molecule has 3 heterocycles. The minimum Gasteiger partial charge on any atom is -0.444 e. The molecule has 0 aliphatic carbocycles. The average molecular weight is 348 g/mol. The zero-order valence-corrected chi connectivity index (χ0v) is 15.5. The van der Waals surface area contributed by atoms with Crippen molar-refractivity contribution in [2.24, 2.45) is 0 Å². The molecule has 0 saturated carbocycles. The van der Waals surface area contributed by atoms with Crippen molar-refractivity contribution < 1.29 is 19.4 Å². The molecule has 0 aromatic carbocycles. The van der Waals surface area contributed by atoms with Gasteiger partial charge in [-0.3, -0.25) is 9.88 Å². The summed E-state index contributed by atoms with van der Waals surface area (Å²) in [7, 11) is 0. The topological polar surface area (TPSA) is 71.9 Å². The highest BCUT2D eigenvalue weighted by molar-refractivity contribution is 5.69. The van der Waals surface area contributed by atoms with Gasteiger partial charge in [-0.15, -0.1) is 0 Å². The van der Waals surface area contributed by atoms with Gasteiger partial charge in [0.25, 0.3) is 0 Å². The van der Waals surface area contributed by atoms with Crippen LogP contribution in [0.1, 0.15) is 45.0 Å². The first-order valence-electron chi connectivity index (χ1n) is 8.89. The smallest absolute Gasteiger partial charge is 0.410 e. The summed E-state index contributed by atoms with van der Waals surface area (Å²) >= 11 is 0. The predicted molar refractivity (Wildman–Crippen MR) is 93.3 cm³/mol. The number of aromatic nitrogens is 1. The van der Waals surface area contributed by atoms with Crippen molar-refractivity contribution >= 4 is 6.09 Å². The third-order valence-electron chi connectivity index (χ3n) is 4.70. The number of piperidine rings is 1. The molecule has 0 spiro atoms. The summed E-state index contributed by atoms with van der Waals surface area (Å²) in [4.78, 5) is 18.9. The molecule has 2 bridgehead atoms. The number of aliphatic hydroxyl groups is 1. The Labute approximate surface area is 149 Å². The van der Waals surface area contributed by atoms with Crippen LogP contribution < -0.4 is 0 Å². The molecule has 1 amide bonds. The molecule has 6 nitrogen and oxygen atoms in total. The summed E-state index contributed by atoms with van der Waals surface area (Å²) in [6.07, 6.45) is 1.11. The van der Waals surface area contributed by atoms with Crippen molar-refractivity contribution in [3.05, 3.63) is 29.6 Å². The van der Waals surface area contributed by atoms with Crippen molar-refractivity contribution in [1.29, 1.82) is 0 Å². The van der Waals surface area contributed by atoms with Crippen LogP contribution in [0.15, 0.2) is 18.2 Å². The van der Waals surface area contributed by atoms with E-state index < -0.39 is 11.2 Å². The molecule has 2 atom stereocenters. The molecular formula is C19H28N2O4. The van der Waals surface area contributed by atoms with Gasteiger partial charge in [0.15, 0.2) is 0 Å². The Bertz CT molecular complexity index is 627. The van der Waals surface area contributed by atoms with Crippen molar-refractivity contribution in [2.75, 3.05) is 13.2 Å². The first-order chi connectivity index (χ1) is 11.7. The number of carbonyl (C=O) groups is 1. The van der Waals surface area contributed by atoms with E-state index >= 15 is 0 Å². The number of hydrogen-bond acceptors (Lipinski definition) is 5. The van der Waals surface area contributed by atoms with Gasteiger partial charge in [-0.05, 0) is 52.7 Å². The Morgan fingerprint density at radius 3 is 2.56 bits per heavy atom. The largest absolute Gasteiger partial charge is 0.444 e. The number of morpholine rings is 1. The molecule has 2 aliphatic rings. The summed E-state index contributed by atoms with van der Waals surface area (Å²) in [6.45, 7) is 8.39. The van der Waals surface area contributed by atoms with Crippen LogP contribution in [-0.2, 0) is 15.9 Å². The molecule has 2 saturated heterocycles. The average Bonchev–Trinajstić information content (AvgIpc) is 2.43. The van der Waals surface area contributed by atoms with Crippen LogP contribution in [0.3, 0.4) is 0 Å². The monoisotopic (exact) mass is 348 g/mol. The second-order valence-electron chi connectivity index (χ2n) is 8.31. The van der Waals surface area contributed by atoms with E-state index in [2.05, 4.69) is 4.98 Å². The molecule has 138 valence electrons. The van der Waals surface area contributed by atoms with E-state index in [0.29, 0.717) is 32.5 Å². The molecular weight excluding hydrogens is 320 g/mol. The number of nitrogens with zero attached hydrogens (tertiary/aromatic N) is 2. The third kappa shape index (κ3) is 4.30. The van der Waals surface area contributed by atoms with Crippen LogP contribution in [0.2, 0.25) is 0 Å². The molecule has 1 aromatic heterocycles. The summed E-state index contributed by atoms with van der Waals surface area (Å²) in [6, 6.07) is 5.51. The summed E-state index contributed by atoms with van der Waals surface area (Å²) in [5.41, 5.74) is 0.409. The Hall–Kier alpha value is -1.66. The van der Waals surface area contributed by atoms with E-state index in [-0.39, 0.29) is 18.2 Å². The second-order valence-corrected chi connectivity index (χ2v) is 8.31. The third-order valence-corrected chi connectivity index (χ3v) is 4.70. The first-order valence-corrected chi connectivity index (χ1v) is 8.89. The van der Waals surface area contributed by atoms with Crippen molar-refractivity contribution in [2.45, 2.75) is 70.2 Å². The van der Waals surface area contributed by atoms with E-state index in [1.807, 2.05) is 45.9 Å². The lowest BCUT2D eigenvalue weighted by Gasteiger charge is -2.51. The molecule has 1 N–H and O–H groups in total. The molecule has 2 aliphatic heterocycles. The highest BCUT2D eigenvalue weighted by Crippen LogP contribution is 2.37. The van der Waals surface area contributed by atoms with Crippen LogP contribution in [0, 0.1) is 6.92 Å². The van der Waals surface area contributed by atoms with Gasteiger partial charge in [-0.25, -0.2) is 4.79 Å². The summed E-state index contributed by atoms with van der Waals surface area (Å²) in [5.74, 6) is 0. The second kappa shape index (κ2) is 6.57. The molecule has 1 aromatic rings. The van der Waals surface area contributed by atoms with Crippen molar-refractivity contribution in [3.8, 4) is 0 Å². The van der Waals surface area contributed by atoms with E-state index in [0.717, 1.165) is 11.4 Å². The maximum atomic E-state index is 12.6. The van der Waals surface area contributed by atoms with E-state index in [9.17, 15) is 9.90 Å². The maximum Gasteiger partial charge on any atom is 0.410 e. The van der Waals surface area contributed by atoms with Crippen LogP contribution in [0.5, 0.6) is 0 Å². The lowest BCUT2D eigenvalue weighted by atomic mass is 9.78. The highest BCUT2D eigenvalue weighted by atomic mass is 16.6. The number of rotatable bonds is 2. The van der Waals surface area contributed by atoms with E-state index in [1.54, 1.807) is 4.90 Å². The number of amides is 1. The Morgan fingerprint density at radius 2 is 2.00 bits per heavy atom. The van der Waals surface area contributed by atoms with Crippen molar-refractivity contribution in [1.82, 2.24) is 9.88 Å². The summed E-state index contributed by atoms with van der Waals surface area (Å²) in [5, 5.41) is 11.2. The Kier molecular flexibility index (Phi) is 4.77. The van der Waals surface area contributed by atoms with E-state index in [1.165, 1.54) is 0 Å². The van der Waals surface area contributed by atoms with Gasteiger partial charge in [0.1, 0.15) is 5.60 Å². The van der Waals surface area contributed by atoms with Gasteiger partial charge in [-0.1, -0.05) is 6.07 Å². The summed E-state index contributed by atoms with van der Waals surface area (Å²) < 4.78 is 11.2. The number of ether oxygens (including phenoxy) is 2. The zero-order chi connectivity index (χ0) is 18.2. The van der Waals surface area contributed by atoms with E-state index in [4.69, 9.17) is 9.47 Å². The highest BCUT2D eigenvalue weighted by Gasteiger charge is 2.49. The molecule has 0 radical (unpaired) electrons. The zero-order valence-electron chi connectivity index (χ0n) is 15.5. The van der Waals surface area contributed by atoms with Gasteiger partial charge < -0.3 is 14.6 Å². The molecule has 3 rings (SSSR count). The minimum atomic E-state index is -0.877. The van der Waals surface area contributed by atoms with Gasteiger partial charge in [-0.2, -0.15) is 0 Å². The molecule has 2 unspecified atom stereocenters. The minimum absolute atomic E-state index is 0.169. The number of fused-ring (bicyclic) bond motifs is 2. The number of aryl methyl sites for hydroxylation is 1. The fourth-order valence-electron chi connectivity index (χ4n) is 3.87. The number of carbonyl (C=O) groups excluding carboxylic acids is 1. The lowest BCUT2D eigenvalue weighted by molar-refractivity contribution is -0.137. The number of pyridine rings is 1. The lowest BCUT2D eigenvalue weighted by Crippen LogP contribution is -2.64. The van der Waals surface area contributed by atoms with Crippen LogP contribution in [0.25, 0.3) is 0 Å². The first kappa shape index (κ1) is 18.1. The molecule has 25 heavy (non-hydrogen) atoms. The number of hydrogen-bond donors (Lipinski definition) is 1. The van der Waals surface area contributed by atoms with Gasteiger partial charge >= 0.3 is 6.09 Å². The Morgan fingerprint density at radius 1 is 1.36 bits per heavy atom. The Balaban J connectivity index is 1.75. The quantitative estimate of drug-likeness (QED) is 0.889. The van der Waals surface area contributed by atoms with Crippen LogP contribution >= 0.6 is 0 Å². The predicted octanol–water partition coefficient (Wildman–Crippen LogP) is 2.46. The fraction of sp³-hybridized carbons (Fsp3) is 0.684. The van der Waals surface area contributed by atoms with Gasteiger partial charge in [0.05, 0.1) is 30.9 Å². The SMILES string of the molecule is Cc1cccc(CC2(O)CC3COCC(C2)N3C(=O)OC(C)(C)C)n1. The van der Waals surface area contributed by atoms with Crippen molar-refractivity contribution in [3.63, 3.8) is 0 Å².